The predicted molar refractivity (Wildman–Crippen MR) is 131 cm³/mol. The zero-order valence-corrected chi connectivity index (χ0v) is 20.3. The Bertz CT molecular complexity index is 1180. The molecule has 0 saturated heterocycles. The van der Waals surface area contributed by atoms with E-state index >= 15 is 0 Å². The highest BCUT2D eigenvalue weighted by atomic mass is 79.9. The summed E-state index contributed by atoms with van der Waals surface area (Å²) in [5, 5.41) is 18.7. The van der Waals surface area contributed by atoms with Gasteiger partial charge in [0, 0.05) is 4.47 Å². The molecule has 3 aromatic carbocycles. The molecule has 0 aliphatic carbocycles. The Morgan fingerprint density at radius 1 is 1.03 bits per heavy atom. The van der Waals surface area contributed by atoms with Crippen molar-refractivity contribution >= 4 is 49.5 Å². The number of benzene rings is 3. The molecule has 3 rings (SSSR count). The standard InChI is InChI=1S/C25H19Br2NO4/c1-2-31-23-13-17(11-20(14-28)18-5-7-19(8-6-18)25(29)30)12-22(27)24(23)32-15-16-3-9-21(26)10-4-16/h3-13H,2,15H2,1H3,(H,29,30)/b20-11-. The third kappa shape index (κ3) is 6.00. The average Bonchev–Trinajstić information content (AvgIpc) is 2.78. The number of rotatable bonds is 8. The highest BCUT2D eigenvalue weighted by Crippen LogP contribution is 2.38. The summed E-state index contributed by atoms with van der Waals surface area (Å²) in [6, 6.07) is 19.9. The van der Waals surface area contributed by atoms with Gasteiger partial charge in [0.1, 0.15) is 6.61 Å². The lowest BCUT2D eigenvalue weighted by Gasteiger charge is -2.15. The van der Waals surface area contributed by atoms with Gasteiger partial charge in [-0.1, -0.05) is 40.2 Å². The first-order valence-corrected chi connectivity index (χ1v) is 11.3. The number of halogens is 2. The molecule has 0 spiro atoms. The average molecular weight is 557 g/mol. The van der Waals surface area contributed by atoms with Gasteiger partial charge in [0.05, 0.1) is 28.3 Å². The Hall–Kier alpha value is -3.08. The molecule has 1 N–H and O–H groups in total. The molecule has 0 fully saturated rings. The number of hydrogen-bond acceptors (Lipinski definition) is 4. The normalized spacial score (nSPS) is 11.0. The van der Waals surface area contributed by atoms with Crippen LogP contribution in [0.1, 0.15) is 34.0 Å². The molecule has 0 radical (unpaired) electrons. The molecule has 0 amide bonds. The molecule has 0 aromatic heterocycles. The highest BCUT2D eigenvalue weighted by molar-refractivity contribution is 9.10. The molecule has 3 aromatic rings. The van der Waals surface area contributed by atoms with Gasteiger partial charge < -0.3 is 14.6 Å². The van der Waals surface area contributed by atoms with E-state index in [9.17, 15) is 10.1 Å². The molecule has 32 heavy (non-hydrogen) atoms. The smallest absolute Gasteiger partial charge is 0.335 e. The largest absolute Gasteiger partial charge is 0.490 e. The fraction of sp³-hybridized carbons (Fsp3) is 0.120. The van der Waals surface area contributed by atoms with Crippen molar-refractivity contribution in [1.29, 1.82) is 5.26 Å². The topological polar surface area (TPSA) is 79.5 Å². The summed E-state index contributed by atoms with van der Waals surface area (Å²) >= 11 is 6.98. The number of carboxylic acids is 1. The van der Waals surface area contributed by atoms with Crippen molar-refractivity contribution in [3.8, 4) is 17.6 Å². The third-order valence-corrected chi connectivity index (χ3v) is 5.62. The number of ether oxygens (including phenoxy) is 2. The number of allylic oxidation sites excluding steroid dienone is 1. The van der Waals surface area contributed by atoms with Crippen molar-refractivity contribution in [3.63, 3.8) is 0 Å². The maximum absolute atomic E-state index is 11.1. The lowest BCUT2D eigenvalue weighted by molar-refractivity contribution is 0.0697. The Morgan fingerprint density at radius 2 is 1.69 bits per heavy atom. The number of carboxylic acid groups (broad SMARTS) is 1. The number of carbonyl (C=O) groups is 1. The molecule has 162 valence electrons. The molecule has 0 aliphatic rings. The second kappa shape index (κ2) is 11.0. The van der Waals surface area contributed by atoms with Gasteiger partial charge in [-0.15, -0.1) is 0 Å². The molecule has 0 heterocycles. The first-order valence-electron chi connectivity index (χ1n) is 9.70. The van der Waals surface area contributed by atoms with Crippen LogP contribution in [0, 0.1) is 11.3 Å². The van der Waals surface area contributed by atoms with Crippen molar-refractivity contribution < 1.29 is 19.4 Å². The van der Waals surface area contributed by atoms with Crippen molar-refractivity contribution in [2.45, 2.75) is 13.5 Å². The summed E-state index contributed by atoms with van der Waals surface area (Å²) in [6.45, 7) is 2.72. The minimum atomic E-state index is -1.01. The molecule has 0 bridgehead atoms. The monoisotopic (exact) mass is 555 g/mol. The lowest BCUT2D eigenvalue weighted by atomic mass is 10.0. The van der Waals surface area contributed by atoms with E-state index in [0.717, 1.165) is 15.6 Å². The Kier molecular flexibility index (Phi) is 8.09. The molecular weight excluding hydrogens is 538 g/mol. The summed E-state index contributed by atoms with van der Waals surface area (Å²) in [7, 11) is 0. The van der Waals surface area contributed by atoms with E-state index in [1.54, 1.807) is 18.2 Å². The van der Waals surface area contributed by atoms with Crippen LogP contribution in [-0.2, 0) is 6.61 Å². The van der Waals surface area contributed by atoms with E-state index in [1.165, 1.54) is 12.1 Å². The van der Waals surface area contributed by atoms with E-state index in [1.807, 2.05) is 43.3 Å². The van der Waals surface area contributed by atoms with E-state index < -0.39 is 5.97 Å². The SMILES string of the molecule is CCOc1cc(/C=C(/C#N)c2ccc(C(=O)O)cc2)cc(Br)c1OCc1ccc(Br)cc1. The second-order valence-corrected chi connectivity index (χ2v) is 8.50. The van der Waals surface area contributed by atoms with Crippen molar-refractivity contribution in [1.82, 2.24) is 0 Å². The van der Waals surface area contributed by atoms with Crippen LogP contribution in [0.2, 0.25) is 0 Å². The number of hydrogen-bond donors (Lipinski definition) is 1. The van der Waals surface area contributed by atoms with Crippen LogP contribution in [0.3, 0.4) is 0 Å². The van der Waals surface area contributed by atoms with Gasteiger partial charge in [0.15, 0.2) is 11.5 Å². The number of nitrogens with zero attached hydrogens (tertiary/aromatic N) is 1. The van der Waals surface area contributed by atoms with Crippen LogP contribution < -0.4 is 9.47 Å². The number of nitriles is 1. The van der Waals surface area contributed by atoms with E-state index in [2.05, 4.69) is 37.9 Å². The van der Waals surface area contributed by atoms with Gasteiger partial charge in [-0.3, -0.25) is 0 Å². The molecule has 0 atom stereocenters. The summed E-state index contributed by atoms with van der Waals surface area (Å²) in [5.41, 5.74) is 2.96. The molecular formula is C25H19Br2NO4. The number of aromatic carboxylic acids is 1. The van der Waals surface area contributed by atoms with Crippen molar-refractivity contribution in [3.05, 3.63) is 91.9 Å². The van der Waals surface area contributed by atoms with Crippen LogP contribution in [0.5, 0.6) is 11.5 Å². The third-order valence-electron chi connectivity index (χ3n) is 4.50. The maximum Gasteiger partial charge on any atom is 0.335 e. The van der Waals surface area contributed by atoms with E-state index in [-0.39, 0.29) is 5.56 Å². The van der Waals surface area contributed by atoms with E-state index in [4.69, 9.17) is 14.6 Å². The Balaban J connectivity index is 1.90. The second-order valence-electron chi connectivity index (χ2n) is 6.73. The van der Waals surface area contributed by atoms with Crippen LogP contribution in [0.15, 0.2) is 69.6 Å². The predicted octanol–water partition coefficient (Wildman–Crippen LogP) is 6.95. The molecule has 0 unspecified atom stereocenters. The van der Waals surface area contributed by atoms with Gasteiger partial charge in [-0.2, -0.15) is 5.26 Å². The van der Waals surface area contributed by atoms with Crippen LogP contribution in [-0.4, -0.2) is 17.7 Å². The first kappa shape index (κ1) is 23.6. The zero-order chi connectivity index (χ0) is 23.1. The highest BCUT2D eigenvalue weighted by Gasteiger charge is 2.13. The minimum Gasteiger partial charge on any atom is -0.490 e. The van der Waals surface area contributed by atoms with Crippen molar-refractivity contribution in [2.75, 3.05) is 6.61 Å². The molecule has 0 saturated carbocycles. The van der Waals surface area contributed by atoms with Gasteiger partial charge >= 0.3 is 5.97 Å². The fourth-order valence-electron chi connectivity index (χ4n) is 2.95. The fourth-order valence-corrected chi connectivity index (χ4v) is 3.79. The summed E-state index contributed by atoms with van der Waals surface area (Å²) in [4.78, 5) is 11.1. The lowest BCUT2D eigenvalue weighted by Crippen LogP contribution is -2.01. The van der Waals surface area contributed by atoms with Gasteiger partial charge in [0.25, 0.3) is 0 Å². The van der Waals surface area contributed by atoms with Gasteiger partial charge in [-0.05, 0) is 82.0 Å². The quantitative estimate of drug-likeness (QED) is 0.240. The first-order chi connectivity index (χ1) is 15.4. The summed E-state index contributed by atoms with van der Waals surface area (Å²) in [6.07, 6.45) is 1.72. The van der Waals surface area contributed by atoms with Gasteiger partial charge in [-0.25, -0.2) is 4.79 Å². The molecule has 7 heteroatoms. The van der Waals surface area contributed by atoms with Crippen LogP contribution in [0.25, 0.3) is 11.6 Å². The minimum absolute atomic E-state index is 0.166. The van der Waals surface area contributed by atoms with Crippen LogP contribution >= 0.6 is 31.9 Å². The maximum atomic E-state index is 11.1. The Labute approximate surface area is 203 Å². The van der Waals surface area contributed by atoms with Gasteiger partial charge in [0.2, 0.25) is 0 Å². The van der Waals surface area contributed by atoms with Crippen LogP contribution in [0.4, 0.5) is 0 Å². The summed E-state index contributed by atoms with van der Waals surface area (Å²) < 4.78 is 13.5. The summed E-state index contributed by atoms with van der Waals surface area (Å²) in [5.74, 6) is 0.128. The van der Waals surface area contributed by atoms with Crippen molar-refractivity contribution in [2.24, 2.45) is 0 Å². The molecule has 5 nitrogen and oxygen atoms in total. The Morgan fingerprint density at radius 3 is 2.28 bits per heavy atom. The zero-order valence-electron chi connectivity index (χ0n) is 17.1. The molecule has 0 aliphatic heterocycles. The van der Waals surface area contributed by atoms with E-state index in [0.29, 0.717) is 40.3 Å².